The summed E-state index contributed by atoms with van der Waals surface area (Å²) in [5, 5.41) is 0.314. The van der Waals surface area contributed by atoms with Gasteiger partial charge in [-0.2, -0.15) is 13.2 Å². The molecule has 0 amide bonds. The summed E-state index contributed by atoms with van der Waals surface area (Å²) in [6.07, 6.45) is -2.84. The molecule has 1 aliphatic rings. The Morgan fingerprint density at radius 1 is 1.28 bits per heavy atom. The lowest BCUT2D eigenvalue weighted by Crippen LogP contribution is -2.24. The van der Waals surface area contributed by atoms with Crippen LogP contribution in [0.5, 0.6) is 11.8 Å². The third-order valence-corrected chi connectivity index (χ3v) is 3.88. The number of alkyl halides is 3. The van der Waals surface area contributed by atoms with Gasteiger partial charge in [-0.15, -0.1) is 0 Å². The van der Waals surface area contributed by atoms with Gasteiger partial charge in [0.1, 0.15) is 5.75 Å². The van der Waals surface area contributed by atoms with Crippen molar-refractivity contribution in [3.8, 4) is 11.8 Å². The van der Waals surface area contributed by atoms with E-state index >= 15 is 0 Å². The smallest absolute Gasteiger partial charge is 0.389 e. The van der Waals surface area contributed by atoms with Gasteiger partial charge in [-0.05, 0) is 18.6 Å². The molecule has 0 bridgehead atoms. The number of ether oxygens (including phenoxy) is 2. The molecule has 5 nitrogen and oxygen atoms in total. The number of hydrogen-bond donors (Lipinski definition) is 0. The predicted molar refractivity (Wildman–Crippen MR) is 81.9 cm³/mol. The molecule has 0 saturated heterocycles. The van der Waals surface area contributed by atoms with Crippen LogP contribution < -0.4 is 4.74 Å². The van der Waals surface area contributed by atoms with Crippen LogP contribution >= 0.6 is 11.6 Å². The van der Waals surface area contributed by atoms with Crippen molar-refractivity contribution in [2.24, 2.45) is 0 Å². The predicted octanol–water partition coefficient (Wildman–Crippen LogP) is 4.52. The normalized spacial score (nSPS) is 17.0. The fourth-order valence-electron chi connectivity index (χ4n) is 2.59. The van der Waals surface area contributed by atoms with Crippen LogP contribution in [0.2, 0.25) is 5.02 Å². The first-order valence-electron chi connectivity index (χ1n) is 7.35. The largest absolute Gasteiger partial charge is 0.461 e. The molecule has 0 radical (unpaired) electrons. The molecular weight excluding hydrogens is 361 g/mol. The van der Waals surface area contributed by atoms with Crippen LogP contribution in [0.15, 0.2) is 30.6 Å². The van der Waals surface area contributed by atoms with Crippen molar-refractivity contribution in [3.63, 3.8) is 0 Å². The Morgan fingerprint density at radius 3 is 2.68 bits per heavy atom. The van der Waals surface area contributed by atoms with Crippen LogP contribution in [-0.4, -0.2) is 28.7 Å². The first kappa shape index (κ1) is 17.5. The fraction of sp³-hybridized carbons (Fsp3) is 0.312. The second-order valence-electron chi connectivity index (χ2n) is 5.45. The minimum absolute atomic E-state index is 0.0219. The Hall–Kier alpha value is -2.35. The van der Waals surface area contributed by atoms with E-state index in [2.05, 4.69) is 9.97 Å². The summed E-state index contributed by atoms with van der Waals surface area (Å²) in [5.41, 5.74) is 0.562. The van der Waals surface area contributed by atoms with E-state index in [0.29, 0.717) is 10.6 Å². The molecule has 0 spiro atoms. The van der Waals surface area contributed by atoms with Gasteiger partial charge in [0.2, 0.25) is 0 Å². The third kappa shape index (κ3) is 4.19. The lowest BCUT2D eigenvalue weighted by Gasteiger charge is -2.27. The minimum atomic E-state index is -4.29. The molecule has 2 aromatic rings. The van der Waals surface area contributed by atoms with Crippen LogP contribution in [-0.2, 0) is 4.74 Å². The van der Waals surface area contributed by atoms with Gasteiger partial charge in [-0.25, -0.2) is 14.8 Å². The molecule has 0 aliphatic carbocycles. The van der Waals surface area contributed by atoms with E-state index in [4.69, 9.17) is 21.1 Å². The van der Waals surface area contributed by atoms with Gasteiger partial charge in [0.15, 0.2) is 0 Å². The number of halogens is 4. The number of carbonyl (C=O) groups is 1. The maximum atomic E-state index is 12.6. The van der Waals surface area contributed by atoms with Crippen molar-refractivity contribution in [2.45, 2.75) is 24.9 Å². The summed E-state index contributed by atoms with van der Waals surface area (Å²) < 4.78 is 48.3. The van der Waals surface area contributed by atoms with E-state index in [-0.39, 0.29) is 30.4 Å². The third-order valence-electron chi connectivity index (χ3n) is 3.68. The Bertz CT molecular complexity index is 781. The molecule has 2 heterocycles. The molecule has 9 heteroatoms. The molecular formula is C16H12ClF3N2O3. The van der Waals surface area contributed by atoms with Gasteiger partial charge in [0.05, 0.1) is 29.6 Å². The van der Waals surface area contributed by atoms with Crippen LogP contribution in [0.4, 0.5) is 13.2 Å². The van der Waals surface area contributed by atoms with Crippen LogP contribution in [0.25, 0.3) is 0 Å². The fourth-order valence-corrected chi connectivity index (χ4v) is 2.68. The highest BCUT2D eigenvalue weighted by Gasteiger charge is 2.34. The number of rotatable bonds is 4. The van der Waals surface area contributed by atoms with Crippen molar-refractivity contribution < 1.29 is 27.4 Å². The van der Waals surface area contributed by atoms with Gasteiger partial charge in [0, 0.05) is 17.9 Å². The van der Waals surface area contributed by atoms with Gasteiger partial charge >= 0.3 is 18.2 Å². The summed E-state index contributed by atoms with van der Waals surface area (Å²) in [6.45, 7) is -0.135. The van der Waals surface area contributed by atoms with Crippen molar-refractivity contribution in [1.82, 2.24) is 9.97 Å². The zero-order valence-corrected chi connectivity index (χ0v) is 13.5. The number of cyclic esters (lactones) is 1. The van der Waals surface area contributed by atoms with Gasteiger partial charge in [-0.3, -0.25) is 0 Å². The number of hydrogen-bond acceptors (Lipinski definition) is 5. The number of carbonyl (C=O) groups excluding carboxylic acids is 1. The summed E-state index contributed by atoms with van der Waals surface area (Å²) in [4.78, 5) is 19.7. The van der Waals surface area contributed by atoms with Crippen molar-refractivity contribution >= 4 is 17.6 Å². The van der Waals surface area contributed by atoms with E-state index in [1.54, 1.807) is 12.1 Å². The highest BCUT2D eigenvalue weighted by molar-refractivity contribution is 6.30. The average molecular weight is 373 g/mol. The first-order valence-corrected chi connectivity index (χ1v) is 7.73. The average Bonchev–Trinajstić information content (AvgIpc) is 2.56. The number of aromatic nitrogens is 2. The molecule has 1 unspecified atom stereocenters. The molecule has 0 fully saturated rings. The van der Waals surface area contributed by atoms with E-state index in [1.807, 2.05) is 0 Å². The Kier molecular flexibility index (Phi) is 4.80. The van der Waals surface area contributed by atoms with Gasteiger partial charge in [-0.1, -0.05) is 17.7 Å². The van der Waals surface area contributed by atoms with Crippen LogP contribution in [0.3, 0.4) is 0 Å². The number of fused-ring (bicyclic) bond motifs is 1. The lowest BCUT2D eigenvalue weighted by atomic mass is 9.88. The molecule has 0 saturated carbocycles. The molecule has 132 valence electrons. The molecule has 1 atom stereocenters. The van der Waals surface area contributed by atoms with Crippen molar-refractivity contribution in [1.29, 1.82) is 0 Å². The molecule has 1 aliphatic heterocycles. The maximum Gasteiger partial charge on any atom is 0.389 e. The zero-order valence-electron chi connectivity index (χ0n) is 12.7. The molecule has 0 N–H and O–H groups in total. The Balaban J connectivity index is 1.93. The highest BCUT2D eigenvalue weighted by Crippen LogP contribution is 2.40. The second kappa shape index (κ2) is 6.87. The highest BCUT2D eigenvalue weighted by atomic mass is 35.5. The van der Waals surface area contributed by atoms with Crippen molar-refractivity contribution in [2.75, 3.05) is 6.61 Å². The van der Waals surface area contributed by atoms with E-state index in [1.165, 1.54) is 18.5 Å². The summed E-state index contributed by atoms with van der Waals surface area (Å²) in [7, 11) is 0. The SMILES string of the molecule is O=C1OCC(CCC(F)(F)F)c2c(Oc3ncc(Cl)cn3)cccc21. The number of nitrogens with zero attached hydrogens (tertiary/aromatic N) is 2. The second-order valence-corrected chi connectivity index (χ2v) is 5.89. The number of benzene rings is 1. The number of esters is 1. The van der Waals surface area contributed by atoms with E-state index in [9.17, 15) is 18.0 Å². The monoisotopic (exact) mass is 372 g/mol. The summed E-state index contributed by atoms with van der Waals surface area (Å²) in [6, 6.07) is 4.58. The molecule has 3 rings (SSSR count). The first-order chi connectivity index (χ1) is 11.8. The van der Waals surface area contributed by atoms with Gasteiger partial charge in [0.25, 0.3) is 0 Å². The topological polar surface area (TPSA) is 61.3 Å². The van der Waals surface area contributed by atoms with Gasteiger partial charge < -0.3 is 9.47 Å². The summed E-state index contributed by atoms with van der Waals surface area (Å²) in [5.74, 6) is -0.998. The lowest BCUT2D eigenvalue weighted by molar-refractivity contribution is -0.136. The molecule has 25 heavy (non-hydrogen) atoms. The Morgan fingerprint density at radius 2 is 2.00 bits per heavy atom. The quantitative estimate of drug-likeness (QED) is 0.738. The van der Waals surface area contributed by atoms with Crippen LogP contribution in [0.1, 0.15) is 34.7 Å². The zero-order chi connectivity index (χ0) is 18.0. The van der Waals surface area contributed by atoms with E-state index in [0.717, 1.165) is 0 Å². The summed E-state index contributed by atoms with van der Waals surface area (Å²) >= 11 is 5.71. The Labute approximate surface area is 145 Å². The maximum absolute atomic E-state index is 12.6. The minimum Gasteiger partial charge on any atom is -0.461 e. The molecule has 1 aromatic carbocycles. The standard InChI is InChI=1S/C16H12ClF3N2O3/c17-10-6-21-15(22-7-10)25-12-3-1-2-11-13(12)9(8-24-14(11)23)4-5-16(18,19)20/h1-3,6-7,9H,4-5,8H2. The molecule has 1 aromatic heterocycles. The van der Waals surface area contributed by atoms with E-state index < -0.39 is 24.5 Å². The van der Waals surface area contributed by atoms with Crippen molar-refractivity contribution in [3.05, 3.63) is 46.7 Å². The van der Waals surface area contributed by atoms with Crippen LogP contribution in [0, 0.1) is 0 Å².